The van der Waals surface area contributed by atoms with Crippen molar-refractivity contribution in [2.24, 2.45) is 0 Å². The van der Waals surface area contributed by atoms with Gasteiger partial charge in [0.25, 0.3) is 5.91 Å². The molecule has 0 saturated carbocycles. The van der Waals surface area contributed by atoms with E-state index in [1.54, 1.807) is 10.7 Å². The number of nitrogens with zero attached hydrogens (tertiary/aromatic N) is 3. The second kappa shape index (κ2) is 4.27. The number of carbonyl (C=O) groups is 1. The van der Waals surface area contributed by atoms with Gasteiger partial charge in [0, 0.05) is 6.04 Å². The maximum absolute atomic E-state index is 12.0. The molecule has 19 heavy (non-hydrogen) atoms. The zero-order valence-corrected chi connectivity index (χ0v) is 11.8. The van der Waals surface area contributed by atoms with E-state index in [-0.39, 0.29) is 29.1 Å². The summed E-state index contributed by atoms with van der Waals surface area (Å²) >= 11 is 1.40. The molecule has 1 N–H and O–H groups in total. The number of aromatic nitrogens is 3. The molecular weight excluding hydrogens is 288 g/mol. The van der Waals surface area contributed by atoms with Gasteiger partial charge >= 0.3 is 0 Å². The lowest BCUT2D eigenvalue weighted by Crippen LogP contribution is -2.35. The van der Waals surface area contributed by atoms with Gasteiger partial charge < -0.3 is 5.32 Å². The molecule has 1 atom stereocenters. The molecule has 0 radical (unpaired) electrons. The van der Waals surface area contributed by atoms with Crippen molar-refractivity contribution in [3.63, 3.8) is 0 Å². The molecule has 0 aromatic carbocycles. The number of rotatable bonds is 2. The summed E-state index contributed by atoms with van der Waals surface area (Å²) in [5.41, 5.74) is 0.267. The summed E-state index contributed by atoms with van der Waals surface area (Å²) in [7, 11) is -2.99. The lowest BCUT2D eigenvalue weighted by atomic mass is 10.2. The second-order valence-electron chi connectivity index (χ2n) is 4.55. The fourth-order valence-corrected chi connectivity index (χ4v) is 4.47. The molecule has 1 fully saturated rings. The van der Waals surface area contributed by atoms with Crippen molar-refractivity contribution in [1.29, 1.82) is 0 Å². The maximum Gasteiger partial charge on any atom is 0.271 e. The predicted molar refractivity (Wildman–Crippen MR) is 70.1 cm³/mol. The van der Waals surface area contributed by atoms with Crippen molar-refractivity contribution in [2.45, 2.75) is 19.4 Å². The average molecular weight is 300 g/mol. The first-order valence-corrected chi connectivity index (χ1v) is 8.41. The zero-order chi connectivity index (χ0) is 13.6. The van der Waals surface area contributed by atoms with Crippen molar-refractivity contribution in [1.82, 2.24) is 19.9 Å². The van der Waals surface area contributed by atoms with Gasteiger partial charge in [0.05, 0.1) is 17.7 Å². The number of fused-ring (bicyclic) bond motifs is 1. The molecule has 1 aliphatic heterocycles. The normalized spacial score (nSPS) is 21.8. The molecule has 0 spiro atoms. The number of imidazole rings is 1. The number of hydrogen-bond donors (Lipinski definition) is 1. The summed E-state index contributed by atoms with van der Waals surface area (Å²) in [5.74, 6) is -0.201. The van der Waals surface area contributed by atoms with Gasteiger partial charge in [-0.1, -0.05) is 11.3 Å². The van der Waals surface area contributed by atoms with Crippen LogP contribution in [0.3, 0.4) is 0 Å². The van der Waals surface area contributed by atoms with Gasteiger partial charge in [-0.15, -0.1) is 0 Å². The molecule has 1 unspecified atom stereocenters. The SMILES string of the molecule is Cc1nn2cc(C(=O)NC3CCS(=O)(=O)C3)nc2s1. The van der Waals surface area contributed by atoms with E-state index in [1.165, 1.54) is 11.3 Å². The molecule has 7 nitrogen and oxygen atoms in total. The number of hydrogen-bond acceptors (Lipinski definition) is 6. The minimum Gasteiger partial charge on any atom is -0.347 e. The Bertz CT molecular complexity index is 714. The van der Waals surface area contributed by atoms with Gasteiger partial charge in [-0.25, -0.2) is 17.9 Å². The molecule has 1 saturated heterocycles. The highest BCUT2D eigenvalue weighted by molar-refractivity contribution is 7.91. The summed E-state index contributed by atoms with van der Waals surface area (Å²) in [6, 6.07) is -0.313. The van der Waals surface area contributed by atoms with Crippen molar-refractivity contribution in [2.75, 3.05) is 11.5 Å². The van der Waals surface area contributed by atoms with Gasteiger partial charge in [0.2, 0.25) is 4.96 Å². The second-order valence-corrected chi connectivity index (χ2v) is 7.94. The number of carbonyl (C=O) groups excluding carboxylic acids is 1. The number of aryl methyl sites for hydroxylation is 1. The quantitative estimate of drug-likeness (QED) is 0.843. The zero-order valence-electron chi connectivity index (χ0n) is 10.2. The molecule has 3 heterocycles. The number of sulfone groups is 1. The highest BCUT2D eigenvalue weighted by Gasteiger charge is 2.29. The van der Waals surface area contributed by atoms with E-state index in [1.807, 2.05) is 6.92 Å². The third kappa shape index (κ3) is 2.47. The van der Waals surface area contributed by atoms with Crippen LogP contribution in [0, 0.1) is 6.92 Å². The summed E-state index contributed by atoms with van der Waals surface area (Å²) in [6.45, 7) is 1.86. The monoisotopic (exact) mass is 300 g/mol. The van der Waals surface area contributed by atoms with E-state index in [0.29, 0.717) is 11.4 Å². The van der Waals surface area contributed by atoms with E-state index >= 15 is 0 Å². The minimum absolute atomic E-state index is 0.0122. The fraction of sp³-hybridized carbons (Fsp3) is 0.500. The van der Waals surface area contributed by atoms with Crippen LogP contribution >= 0.6 is 11.3 Å². The summed E-state index contributed by atoms with van der Waals surface area (Å²) in [5, 5.41) is 7.74. The van der Waals surface area contributed by atoms with Crippen molar-refractivity contribution in [3.8, 4) is 0 Å². The Balaban J connectivity index is 1.75. The van der Waals surface area contributed by atoms with Crippen LogP contribution in [0.2, 0.25) is 0 Å². The lowest BCUT2D eigenvalue weighted by Gasteiger charge is -2.08. The topological polar surface area (TPSA) is 93.4 Å². The Morgan fingerprint density at radius 2 is 2.37 bits per heavy atom. The standard InChI is InChI=1S/C10H12N4O3S2/c1-6-13-14-4-8(12-10(14)18-6)9(15)11-7-2-3-19(16,17)5-7/h4,7H,2-3,5H2,1H3,(H,11,15). The van der Waals surface area contributed by atoms with Crippen LogP contribution in [0.1, 0.15) is 21.9 Å². The third-order valence-electron chi connectivity index (χ3n) is 2.94. The Kier molecular flexibility index (Phi) is 2.82. The van der Waals surface area contributed by atoms with Crippen molar-refractivity contribution < 1.29 is 13.2 Å². The summed E-state index contributed by atoms with van der Waals surface area (Å²) in [4.78, 5) is 16.8. The van der Waals surface area contributed by atoms with Crippen molar-refractivity contribution in [3.05, 3.63) is 16.9 Å². The summed E-state index contributed by atoms with van der Waals surface area (Å²) < 4.78 is 24.2. The molecule has 2 aromatic heterocycles. The van der Waals surface area contributed by atoms with Gasteiger partial charge in [0.15, 0.2) is 9.84 Å². The smallest absolute Gasteiger partial charge is 0.271 e. The molecule has 2 aromatic rings. The van der Waals surface area contributed by atoms with E-state index in [2.05, 4.69) is 15.4 Å². The maximum atomic E-state index is 12.0. The van der Waals surface area contributed by atoms with Crippen LogP contribution < -0.4 is 5.32 Å². The Morgan fingerprint density at radius 1 is 1.58 bits per heavy atom. The number of amides is 1. The average Bonchev–Trinajstić information content (AvgIpc) is 2.91. The molecule has 3 rings (SSSR count). The Hall–Kier alpha value is -1.48. The first-order valence-electron chi connectivity index (χ1n) is 5.77. The summed E-state index contributed by atoms with van der Waals surface area (Å²) in [6.07, 6.45) is 2.02. The number of nitrogens with one attached hydrogen (secondary N) is 1. The van der Waals surface area contributed by atoms with E-state index in [0.717, 1.165) is 5.01 Å². The van der Waals surface area contributed by atoms with Crippen LogP contribution in [0.25, 0.3) is 4.96 Å². The molecule has 1 amide bonds. The van der Waals surface area contributed by atoms with Gasteiger partial charge in [0.1, 0.15) is 10.7 Å². The lowest BCUT2D eigenvalue weighted by molar-refractivity contribution is 0.0936. The predicted octanol–water partition coefficient (Wildman–Crippen LogP) is 0.0161. The van der Waals surface area contributed by atoms with Crippen molar-refractivity contribution >= 4 is 32.0 Å². The van der Waals surface area contributed by atoms with Gasteiger partial charge in [-0.05, 0) is 13.3 Å². The Morgan fingerprint density at radius 3 is 3.00 bits per heavy atom. The van der Waals surface area contributed by atoms with Crippen LogP contribution in [0.4, 0.5) is 0 Å². The largest absolute Gasteiger partial charge is 0.347 e. The van der Waals surface area contributed by atoms with Crippen LogP contribution in [0.5, 0.6) is 0 Å². The van der Waals surface area contributed by atoms with E-state index in [9.17, 15) is 13.2 Å². The van der Waals surface area contributed by atoms with Crippen LogP contribution in [-0.2, 0) is 9.84 Å². The molecule has 0 aliphatic carbocycles. The van der Waals surface area contributed by atoms with Gasteiger partial charge in [-0.3, -0.25) is 4.79 Å². The first kappa shape index (κ1) is 12.5. The first-order chi connectivity index (χ1) is 8.93. The van der Waals surface area contributed by atoms with Crippen LogP contribution in [0.15, 0.2) is 6.20 Å². The van der Waals surface area contributed by atoms with E-state index < -0.39 is 9.84 Å². The fourth-order valence-electron chi connectivity index (χ4n) is 2.08. The third-order valence-corrected chi connectivity index (χ3v) is 5.55. The molecule has 102 valence electrons. The van der Waals surface area contributed by atoms with E-state index in [4.69, 9.17) is 0 Å². The van der Waals surface area contributed by atoms with Gasteiger partial charge in [-0.2, -0.15) is 5.10 Å². The molecule has 9 heteroatoms. The Labute approximate surface area is 113 Å². The van der Waals surface area contributed by atoms with Crippen LogP contribution in [-0.4, -0.2) is 46.5 Å². The molecular formula is C10H12N4O3S2. The highest BCUT2D eigenvalue weighted by atomic mass is 32.2. The minimum atomic E-state index is -2.99. The molecule has 1 aliphatic rings. The highest BCUT2D eigenvalue weighted by Crippen LogP contribution is 2.15. The molecule has 0 bridgehead atoms.